The molecule has 2 aliphatic rings. The molecule has 1 aromatic heterocycles. The molecule has 0 bridgehead atoms. The van der Waals surface area contributed by atoms with Crippen LogP contribution in [-0.2, 0) is 21.3 Å². The van der Waals surface area contributed by atoms with Gasteiger partial charge in [0.1, 0.15) is 0 Å². The van der Waals surface area contributed by atoms with Gasteiger partial charge in [0.25, 0.3) is 10.0 Å². The summed E-state index contributed by atoms with van der Waals surface area (Å²) < 4.78 is 33.0. The van der Waals surface area contributed by atoms with Gasteiger partial charge in [-0.2, -0.15) is 9.40 Å². The van der Waals surface area contributed by atoms with E-state index in [0.717, 1.165) is 25.7 Å². The van der Waals surface area contributed by atoms with Crippen LogP contribution < -0.4 is 5.73 Å². The van der Waals surface area contributed by atoms with Crippen LogP contribution in [0.15, 0.2) is 11.2 Å². The highest BCUT2D eigenvalue weighted by atomic mass is 32.2. The lowest BCUT2D eigenvalue weighted by Gasteiger charge is -2.42. The third-order valence-corrected chi connectivity index (χ3v) is 6.09. The lowest BCUT2D eigenvalue weighted by Crippen LogP contribution is -2.54. The van der Waals surface area contributed by atoms with Gasteiger partial charge in [-0.15, -0.1) is 0 Å². The van der Waals surface area contributed by atoms with Crippen molar-refractivity contribution in [1.29, 1.82) is 0 Å². The summed E-state index contributed by atoms with van der Waals surface area (Å²) in [6.07, 6.45) is 5.44. The first-order valence-electron chi connectivity index (χ1n) is 7.00. The fourth-order valence-corrected chi connectivity index (χ4v) is 4.93. The molecule has 112 valence electrons. The molecule has 0 amide bonds. The lowest BCUT2D eigenvalue weighted by molar-refractivity contribution is -0.0586. The molecule has 0 spiro atoms. The number of hydrogen-bond acceptors (Lipinski definition) is 5. The van der Waals surface area contributed by atoms with Crippen LogP contribution in [0, 0.1) is 0 Å². The molecule has 1 aliphatic heterocycles. The number of sulfonamides is 1. The first-order chi connectivity index (χ1) is 9.64. The Balaban J connectivity index is 1.93. The molecule has 3 N–H and O–H groups in total. The molecule has 1 saturated heterocycles. The number of rotatable bonds is 3. The van der Waals surface area contributed by atoms with E-state index in [4.69, 9.17) is 10.5 Å². The normalized spacial score (nSPS) is 28.2. The number of nitrogens with two attached hydrogens (primary N) is 1. The van der Waals surface area contributed by atoms with Gasteiger partial charge in [0.2, 0.25) is 0 Å². The maximum absolute atomic E-state index is 12.8. The van der Waals surface area contributed by atoms with E-state index >= 15 is 0 Å². The van der Waals surface area contributed by atoms with Gasteiger partial charge in [0.15, 0.2) is 5.03 Å². The smallest absolute Gasteiger partial charge is 0.260 e. The van der Waals surface area contributed by atoms with Crippen molar-refractivity contribution in [2.24, 2.45) is 5.73 Å². The van der Waals surface area contributed by atoms with Gasteiger partial charge in [-0.25, -0.2) is 8.42 Å². The molecule has 3 rings (SSSR count). The quantitative estimate of drug-likeness (QED) is 0.830. The van der Waals surface area contributed by atoms with E-state index in [1.54, 1.807) is 4.31 Å². The Hall–Kier alpha value is -0.960. The van der Waals surface area contributed by atoms with Crippen molar-refractivity contribution in [3.63, 3.8) is 0 Å². The molecule has 0 radical (unpaired) electrons. The summed E-state index contributed by atoms with van der Waals surface area (Å²) in [4.78, 5) is 0. The molecule has 2 heterocycles. The minimum absolute atomic E-state index is 0.0246. The molecule has 20 heavy (non-hydrogen) atoms. The van der Waals surface area contributed by atoms with E-state index in [1.165, 1.54) is 6.20 Å². The summed E-state index contributed by atoms with van der Waals surface area (Å²) in [5.74, 6) is 0. The minimum Gasteiger partial charge on any atom is -0.375 e. The second-order valence-corrected chi connectivity index (χ2v) is 7.13. The van der Waals surface area contributed by atoms with Crippen molar-refractivity contribution < 1.29 is 13.2 Å². The van der Waals surface area contributed by atoms with Crippen molar-refractivity contribution in [1.82, 2.24) is 14.5 Å². The minimum atomic E-state index is -3.58. The Kier molecular flexibility index (Phi) is 3.80. The van der Waals surface area contributed by atoms with E-state index in [-0.39, 0.29) is 23.7 Å². The molecule has 7 nitrogen and oxygen atoms in total. The summed E-state index contributed by atoms with van der Waals surface area (Å²) in [6, 6.07) is -0.0589. The zero-order valence-corrected chi connectivity index (χ0v) is 12.1. The number of ether oxygens (including phenoxy) is 1. The molecule has 2 fully saturated rings. The Bertz CT molecular complexity index is 569. The predicted octanol–water partition coefficient (Wildman–Crippen LogP) is 0.201. The molecular formula is C12H20N4O3S. The zero-order valence-electron chi connectivity index (χ0n) is 11.3. The number of H-pyrrole nitrogens is 1. The maximum atomic E-state index is 12.8. The average molecular weight is 300 g/mol. The van der Waals surface area contributed by atoms with E-state index in [2.05, 4.69) is 10.2 Å². The number of fused-ring (bicyclic) bond motifs is 1. The number of nitrogens with zero attached hydrogens (tertiary/aromatic N) is 2. The lowest BCUT2D eigenvalue weighted by atomic mass is 9.91. The van der Waals surface area contributed by atoms with Crippen LogP contribution in [-0.4, -0.2) is 48.2 Å². The zero-order chi connectivity index (χ0) is 14.2. The molecule has 1 saturated carbocycles. The van der Waals surface area contributed by atoms with Gasteiger partial charge >= 0.3 is 0 Å². The Morgan fingerprint density at radius 2 is 2.25 bits per heavy atom. The third-order valence-electron chi connectivity index (χ3n) is 4.15. The van der Waals surface area contributed by atoms with Crippen molar-refractivity contribution in [3.05, 3.63) is 11.8 Å². The van der Waals surface area contributed by atoms with E-state index in [1.807, 2.05) is 0 Å². The number of nitrogens with one attached hydrogen (secondary N) is 1. The van der Waals surface area contributed by atoms with Crippen LogP contribution in [0.1, 0.15) is 31.2 Å². The highest BCUT2D eigenvalue weighted by Gasteiger charge is 2.42. The molecule has 1 aliphatic carbocycles. The molecule has 2 atom stereocenters. The molecule has 1 aromatic rings. The van der Waals surface area contributed by atoms with E-state index < -0.39 is 10.0 Å². The third kappa shape index (κ3) is 2.26. The second kappa shape index (κ2) is 5.44. The van der Waals surface area contributed by atoms with Crippen LogP contribution >= 0.6 is 0 Å². The van der Waals surface area contributed by atoms with Gasteiger partial charge in [0.05, 0.1) is 24.9 Å². The molecule has 8 heteroatoms. The summed E-state index contributed by atoms with van der Waals surface area (Å²) in [6.45, 7) is 1.00. The van der Waals surface area contributed by atoms with Crippen LogP contribution in [0.5, 0.6) is 0 Å². The number of aromatic amines is 1. The van der Waals surface area contributed by atoms with E-state index in [0.29, 0.717) is 18.7 Å². The fourth-order valence-electron chi connectivity index (χ4n) is 3.14. The summed E-state index contributed by atoms with van der Waals surface area (Å²) in [5.41, 5.74) is 6.12. The monoisotopic (exact) mass is 300 g/mol. The van der Waals surface area contributed by atoms with Gasteiger partial charge in [-0.3, -0.25) is 5.10 Å². The van der Waals surface area contributed by atoms with Crippen LogP contribution in [0.2, 0.25) is 0 Å². The Morgan fingerprint density at radius 3 is 3.05 bits per heavy atom. The van der Waals surface area contributed by atoms with Crippen LogP contribution in [0.3, 0.4) is 0 Å². The van der Waals surface area contributed by atoms with Gasteiger partial charge in [-0.1, -0.05) is 12.8 Å². The summed E-state index contributed by atoms with van der Waals surface area (Å²) >= 11 is 0. The number of aromatic nitrogens is 2. The fraction of sp³-hybridized carbons (Fsp3) is 0.750. The van der Waals surface area contributed by atoms with Crippen LogP contribution in [0.25, 0.3) is 0 Å². The first kappa shape index (κ1) is 14.0. The molecular weight excluding hydrogens is 280 g/mol. The summed E-state index contributed by atoms with van der Waals surface area (Å²) in [7, 11) is -3.58. The number of hydrogen-bond donors (Lipinski definition) is 2. The average Bonchev–Trinajstić information content (AvgIpc) is 2.96. The van der Waals surface area contributed by atoms with Crippen molar-refractivity contribution >= 4 is 10.0 Å². The summed E-state index contributed by atoms with van der Waals surface area (Å²) in [5, 5.41) is 6.54. The van der Waals surface area contributed by atoms with Gasteiger partial charge < -0.3 is 10.5 Å². The topological polar surface area (TPSA) is 101 Å². The van der Waals surface area contributed by atoms with Gasteiger partial charge in [-0.05, 0) is 12.8 Å². The van der Waals surface area contributed by atoms with Crippen LogP contribution in [0.4, 0.5) is 0 Å². The SMILES string of the molecule is NCc1cn[nH]c1S(=O)(=O)N1CCOC2CCCCC21. The molecule has 2 unspecified atom stereocenters. The maximum Gasteiger partial charge on any atom is 0.260 e. The number of morpholine rings is 1. The van der Waals surface area contributed by atoms with Gasteiger partial charge in [0, 0.05) is 18.7 Å². The van der Waals surface area contributed by atoms with Crippen molar-refractivity contribution in [3.8, 4) is 0 Å². The Labute approximate surface area is 118 Å². The van der Waals surface area contributed by atoms with Crippen molar-refractivity contribution in [2.75, 3.05) is 13.2 Å². The highest BCUT2D eigenvalue weighted by Crippen LogP contribution is 2.32. The molecule has 0 aromatic carbocycles. The Morgan fingerprint density at radius 1 is 1.45 bits per heavy atom. The predicted molar refractivity (Wildman–Crippen MR) is 72.4 cm³/mol. The van der Waals surface area contributed by atoms with Crippen molar-refractivity contribution in [2.45, 2.75) is 49.4 Å². The standard InChI is InChI=1S/C12H20N4O3S/c13-7-9-8-14-15-12(9)20(17,18)16-5-6-19-11-4-2-1-3-10(11)16/h8,10-11H,1-7,13H2,(H,14,15). The highest BCUT2D eigenvalue weighted by molar-refractivity contribution is 7.89. The van der Waals surface area contributed by atoms with E-state index in [9.17, 15) is 8.42 Å². The second-order valence-electron chi connectivity index (χ2n) is 5.31. The first-order valence-corrected chi connectivity index (χ1v) is 8.44. The largest absolute Gasteiger partial charge is 0.375 e.